The summed E-state index contributed by atoms with van der Waals surface area (Å²) in [5, 5.41) is 10.0. The summed E-state index contributed by atoms with van der Waals surface area (Å²) >= 11 is 0. The molecule has 0 spiro atoms. The largest absolute Gasteiger partial charge is 0.366 e. The molecule has 2 amide bonds. The molecule has 132 valence electrons. The van der Waals surface area contributed by atoms with Crippen LogP contribution in [-0.4, -0.2) is 32.4 Å². The second-order valence-corrected chi connectivity index (χ2v) is 7.94. The zero-order chi connectivity index (χ0) is 18.5. The van der Waals surface area contributed by atoms with Crippen molar-refractivity contribution in [3.8, 4) is 6.07 Å². The maximum absolute atomic E-state index is 13.5. The van der Waals surface area contributed by atoms with Crippen molar-refractivity contribution in [3.05, 3.63) is 30.2 Å². The molecule has 7 nitrogen and oxygen atoms in total. The molecule has 3 saturated heterocycles. The lowest BCUT2D eigenvalue weighted by molar-refractivity contribution is -0.132. The zero-order valence-corrected chi connectivity index (χ0v) is 14.8. The monoisotopic (exact) mass is 350 g/mol. The van der Waals surface area contributed by atoms with E-state index >= 15 is 0 Å². The number of pyridine rings is 1. The van der Waals surface area contributed by atoms with Gasteiger partial charge in [0.15, 0.2) is 5.41 Å². The molecular weight excluding hydrogens is 332 g/mol. The van der Waals surface area contributed by atoms with E-state index in [0.29, 0.717) is 18.5 Å². The molecule has 7 heteroatoms. The Kier molecular flexibility index (Phi) is 2.59. The molecule has 5 rings (SSSR count). The van der Waals surface area contributed by atoms with Gasteiger partial charge < -0.3 is 9.14 Å². The molecule has 5 heterocycles. The highest BCUT2D eigenvalue weighted by molar-refractivity contribution is 6.26. The van der Waals surface area contributed by atoms with E-state index in [1.165, 1.54) is 4.90 Å². The number of imidazole rings is 1. The molecule has 4 atom stereocenters. The molecule has 3 unspecified atom stereocenters. The first-order valence-corrected chi connectivity index (χ1v) is 8.72. The number of fused-ring (bicyclic) bond motifs is 6. The van der Waals surface area contributed by atoms with Crippen LogP contribution in [0.4, 0.5) is 5.69 Å². The number of imide groups is 1. The number of aryl methyl sites for hydroxylation is 1. The van der Waals surface area contributed by atoms with E-state index in [1.54, 1.807) is 31.5 Å². The fourth-order valence-electron chi connectivity index (χ4n) is 5.36. The first-order valence-electron chi connectivity index (χ1n) is 8.72. The van der Waals surface area contributed by atoms with Crippen LogP contribution in [-0.2, 0) is 14.3 Å². The Labute approximate surface area is 150 Å². The average Bonchev–Trinajstić information content (AvgIpc) is 3.29. The minimum atomic E-state index is -1.46. The Balaban J connectivity index is 1.74. The van der Waals surface area contributed by atoms with Crippen LogP contribution < -0.4 is 4.90 Å². The number of hydrogen-bond donors (Lipinski definition) is 0. The number of carbonyl (C=O) groups is 2. The molecule has 3 aliphatic rings. The average molecular weight is 350 g/mol. The van der Waals surface area contributed by atoms with Crippen LogP contribution in [0, 0.1) is 29.6 Å². The quantitative estimate of drug-likeness (QED) is 0.734. The van der Waals surface area contributed by atoms with Crippen molar-refractivity contribution >= 4 is 23.1 Å². The number of hydrogen-bond acceptors (Lipinski definition) is 5. The van der Waals surface area contributed by atoms with Gasteiger partial charge in [-0.2, -0.15) is 5.26 Å². The normalized spacial score (nSPS) is 38.2. The van der Waals surface area contributed by atoms with Crippen molar-refractivity contribution < 1.29 is 14.3 Å². The number of amides is 2. The molecule has 2 aromatic rings. The molecular formula is C19H18N4O3. The van der Waals surface area contributed by atoms with E-state index < -0.39 is 28.4 Å². The Morgan fingerprint density at radius 3 is 2.77 bits per heavy atom. The van der Waals surface area contributed by atoms with Gasteiger partial charge in [0.05, 0.1) is 28.9 Å². The van der Waals surface area contributed by atoms with Crippen LogP contribution in [0.15, 0.2) is 24.5 Å². The van der Waals surface area contributed by atoms with Crippen LogP contribution in [0.1, 0.15) is 32.4 Å². The number of nitriles is 1. The molecule has 0 aromatic carbocycles. The third-order valence-corrected chi connectivity index (χ3v) is 6.65. The third-order valence-electron chi connectivity index (χ3n) is 6.65. The SMILES string of the molecule is Cc1c(N2C(=O)C3C4(C)CCC(C)(O4)[C@@]3(C#N)C2=O)ccc2nccn12. The lowest BCUT2D eigenvalue weighted by Gasteiger charge is -2.34. The van der Waals surface area contributed by atoms with Gasteiger partial charge >= 0.3 is 0 Å². The van der Waals surface area contributed by atoms with Crippen LogP contribution in [0.5, 0.6) is 0 Å². The predicted octanol–water partition coefficient (Wildman–Crippen LogP) is 1.98. The lowest BCUT2D eigenvalue weighted by Crippen LogP contribution is -2.51. The summed E-state index contributed by atoms with van der Waals surface area (Å²) in [5.41, 5.74) is -1.20. The Morgan fingerprint density at radius 2 is 2.08 bits per heavy atom. The van der Waals surface area contributed by atoms with Crippen molar-refractivity contribution in [2.24, 2.45) is 11.3 Å². The van der Waals surface area contributed by atoms with E-state index in [0.717, 1.165) is 11.3 Å². The second-order valence-electron chi connectivity index (χ2n) is 7.94. The van der Waals surface area contributed by atoms with Gasteiger partial charge in [-0.3, -0.25) is 9.59 Å². The van der Waals surface area contributed by atoms with Crippen molar-refractivity contribution in [1.29, 1.82) is 5.26 Å². The molecule has 3 fully saturated rings. The highest BCUT2D eigenvalue weighted by Gasteiger charge is 2.82. The molecule has 3 aliphatic heterocycles. The van der Waals surface area contributed by atoms with Gasteiger partial charge in [0.2, 0.25) is 5.91 Å². The smallest absolute Gasteiger partial charge is 0.258 e. The van der Waals surface area contributed by atoms with Crippen LogP contribution in [0.2, 0.25) is 0 Å². The summed E-state index contributed by atoms with van der Waals surface area (Å²) in [4.78, 5) is 32.3. The van der Waals surface area contributed by atoms with Crippen LogP contribution in [0.25, 0.3) is 5.65 Å². The molecule has 0 N–H and O–H groups in total. The van der Waals surface area contributed by atoms with E-state index in [4.69, 9.17) is 4.74 Å². The van der Waals surface area contributed by atoms with Crippen molar-refractivity contribution in [3.63, 3.8) is 0 Å². The molecule has 0 saturated carbocycles. The van der Waals surface area contributed by atoms with Gasteiger partial charge in [-0.25, -0.2) is 9.88 Å². The maximum atomic E-state index is 13.5. The van der Waals surface area contributed by atoms with Crippen LogP contribution in [0.3, 0.4) is 0 Å². The van der Waals surface area contributed by atoms with E-state index in [9.17, 15) is 14.9 Å². The number of aromatic nitrogens is 2. The zero-order valence-electron chi connectivity index (χ0n) is 14.8. The highest BCUT2D eigenvalue weighted by atomic mass is 16.5. The fourth-order valence-corrected chi connectivity index (χ4v) is 5.36. The van der Waals surface area contributed by atoms with Gasteiger partial charge in [0.1, 0.15) is 5.65 Å². The van der Waals surface area contributed by atoms with Gasteiger partial charge in [-0.05, 0) is 45.7 Å². The first-order chi connectivity index (χ1) is 12.3. The molecule has 2 bridgehead atoms. The number of rotatable bonds is 1. The Bertz CT molecular complexity index is 1050. The number of anilines is 1. The first kappa shape index (κ1) is 15.5. The summed E-state index contributed by atoms with van der Waals surface area (Å²) in [6.07, 6.45) is 4.72. The van der Waals surface area contributed by atoms with Gasteiger partial charge in [0, 0.05) is 18.1 Å². The minimum absolute atomic E-state index is 0.343. The van der Waals surface area contributed by atoms with Crippen molar-refractivity contribution in [2.75, 3.05) is 4.90 Å². The highest BCUT2D eigenvalue weighted by Crippen LogP contribution is 2.67. The van der Waals surface area contributed by atoms with Crippen molar-refractivity contribution in [2.45, 2.75) is 44.8 Å². The molecule has 2 aromatic heterocycles. The van der Waals surface area contributed by atoms with Gasteiger partial charge in [-0.1, -0.05) is 0 Å². The topological polar surface area (TPSA) is 87.7 Å². The summed E-state index contributed by atoms with van der Waals surface area (Å²) in [6, 6.07) is 5.71. The predicted molar refractivity (Wildman–Crippen MR) is 91.1 cm³/mol. The standard InChI is InChI=1S/C19H18N4O3/c1-11-12(4-5-13-21-8-9-22(11)13)23-15(24)14-17(2)6-7-18(3,26-17)19(14,10-20)16(23)25/h4-5,8-9,14H,6-7H2,1-3H3/t14?,17?,18?,19-/m1/s1. The minimum Gasteiger partial charge on any atom is -0.366 e. The van der Waals surface area contributed by atoms with E-state index in [1.807, 2.05) is 18.2 Å². The van der Waals surface area contributed by atoms with Crippen molar-refractivity contribution in [1.82, 2.24) is 9.38 Å². The van der Waals surface area contributed by atoms with Crippen LogP contribution >= 0.6 is 0 Å². The number of ether oxygens (including phenoxy) is 1. The molecule has 26 heavy (non-hydrogen) atoms. The maximum Gasteiger partial charge on any atom is 0.258 e. The summed E-state index contributed by atoms with van der Waals surface area (Å²) in [6.45, 7) is 5.48. The lowest BCUT2D eigenvalue weighted by atomic mass is 9.59. The fraction of sp³-hybridized carbons (Fsp3) is 0.474. The van der Waals surface area contributed by atoms with Gasteiger partial charge in [0.25, 0.3) is 5.91 Å². The van der Waals surface area contributed by atoms with Gasteiger partial charge in [-0.15, -0.1) is 0 Å². The molecule has 0 radical (unpaired) electrons. The second kappa shape index (κ2) is 4.33. The Hall–Kier alpha value is -2.72. The van der Waals surface area contributed by atoms with E-state index in [2.05, 4.69) is 11.1 Å². The third kappa shape index (κ3) is 1.39. The van der Waals surface area contributed by atoms with E-state index in [-0.39, 0.29) is 5.91 Å². The summed E-state index contributed by atoms with van der Waals surface area (Å²) in [7, 11) is 0. The molecule has 0 aliphatic carbocycles. The summed E-state index contributed by atoms with van der Waals surface area (Å²) in [5.74, 6) is -1.59. The summed E-state index contributed by atoms with van der Waals surface area (Å²) < 4.78 is 7.95. The number of nitrogens with zero attached hydrogens (tertiary/aromatic N) is 4. The Morgan fingerprint density at radius 1 is 1.31 bits per heavy atom. The number of carbonyl (C=O) groups excluding carboxylic acids is 2.